The van der Waals surface area contributed by atoms with Crippen LogP contribution < -0.4 is 16.4 Å². The molecule has 1 rings (SSSR count). The van der Waals surface area contributed by atoms with Crippen LogP contribution in [0, 0.1) is 17.8 Å². The molecule has 140 valence electrons. The predicted octanol–water partition coefficient (Wildman–Crippen LogP) is 0.959. The van der Waals surface area contributed by atoms with Gasteiger partial charge in [-0.15, -0.1) is 0 Å². The van der Waals surface area contributed by atoms with Crippen LogP contribution >= 0.6 is 0 Å². The fraction of sp³-hybridized carbons (Fsp3) is 0.889. The molecule has 1 heterocycles. The van der Waals surface area contributed by atoms with Crippen molar-refractivity contribution in [1.29, 1.82) is 0 Å². The SMILES string of the molecule is CC1CC(C)CN(C(C)(C)CNC(=O)CNC(=O)[C@@H](N)C(C)C)C1. The predicted molar refractivity (Wildman–Crippen MR) is 97.4 cm³/mol. The van der Waals surface area contributed by atoms with Gasteiger partial charge in [0.2, 0.25) is 11.8 Å². The molecular formula is C18H36N4O2. The number of nitrogens with zero attached hydrogens (tertiary/aromatic N) is 1. The molecule has 0 spiro atoms. The summed E-state index contributed by atoms with van der Waals surface area (Å²) in [6, 6.07) is -0.578. The number of nitrogens with two attached hydrogens (primary N) is 1. The summed E-state index contributed by atoms with van der Waals surface area (Å²) in [5.41, 5.74) is 5.66. The summed E-state index contributed by atoms with van der Waals surface area (Å²) >= 11 is 0. The molecular weight excluding hydrogens is 304 g/mol. The molecule has 1 fully saturated rings. The van der Waals surface area contributed by atoms with Gasteiger partial charge in [0.25, 0.3) is 0 Å². The monoisotopic (exact) mass is 340 g/mol. The summed E-state index contributed by atoms with van der Waals surface area (Å²) in [5.74, 6) is 0.958. The summed E-state index contributed by atoms with van der Waals surface area (Å²) in [4.78, 5) is 26.3. The molecule has 3 atom stereocenters. The molecule has 1 saturated heterocycles. The van der Waals surface area contributed by atoms with E-state index in [1.54, 1.807) is 0 Å². The Morgan fingerprint density at radius 2 is 1.71 bits per heavy atom. The number of piperidine rings is 1. The summed E-state index contributed by atoms with van der Waals surface area (Å²) in [7, 11) is 0. The van der Waals surface area contributed by atoms with Crippen molar-refractivity contribution in [3.05, 3.63) is 0 Å². The van der Waals surface area contributed by atoms with Gasteiger partial charge in [0.05, 0.1) is 12.6 Å². The van der Waals surface area contributed by atoms with Crippen LogP contribution in [-0.4, -0.2) is 54.5 Å². The van der Waals surface area contributed by atoms with Gasteiger partial charge in [-0.25, -0.2) is 0 Å². The van der Waals surface area contributed by atoms with Crippen LogP contribution in [0.1, 0.15) is 48.0 Å². The van der Waals surface area contributed by atoms with Crippen molar-refractivity contribution < 1.29 is 9.59 Å². The first kappa shape index (κ1) is 20.9. The molecule has 6 nitrogen and oxygen atoms in total. The molecule has 0 bridgehead atoms. The Bertz CT molecular complexity index is 427. The van der Waals surface area contributed by atoms with Gasteiger partial charge < -0.3 is 16.4 Å². The Morgan fingerprint density at radius 1 is 1.17 bits per heavy atom. The largest absolute Gasteiger partial charge is 0.353 e. The maximum atomic E-state index is 12.0. The highest BCUT2D eigenvalue weighted by Gasteiger charge is 2.32. The van der Waals surface area contributed by atoms with Crippen molar-refractivity contribution in [3.8, 4) is 0 Å². The van der Waals surface area contributed by atoms with Crippen LogP contribution in [0.2, 0.25) is 0 Å². The third kappa shape index (κ3) is 6.40. The second-order valence-corrected chi connectivity index (χ2v) is 8.43. The van der Waals surface area contributed by atoms with E-state index in [0.717, 1.165) is 13.1 Å². The van der Waals surface area contributed by atoms with Gasteiger partial charge in [0.15, 0.2) is 0 Å². The second-order valence-electron chi connectivity index (χ2n) is 8.43. The maximum absolute atomic E-state index is 12.0. The van der Waals surface area contributed by atoms with E-state index in [9.17, 15) is 9.59 Å². The Labute approximate surface area is 146 Å². The highest BCUT2D eigenvalue weighted by molar-refractivity contribution is 5.87. The fourth-order valence-corrected chi connectivity index (χ4v) is 3.23. The zero-order chi connectivity index (χ0) is 18.5. The molecule has 0 saturated carbocycles. The summed E-state index contributed by atoms with van der Waals surface area (Å²) in [6.45, 7) is 15.3. The highest BCUT2D eigenvalue weighted by Crippen LogP contribution is 2.26. The van der Waals surface area contributed by atoms with E-state index in [1.807, 2.05) is 13.8 Å². The molecule has 0 aromatic heterocycles. The van der Waals surface area contributed by atoms with Crippen molar-refractivity contribution >= 4 is 11.8 Å². The quantitative estimate of drug-likeness (QED) is 0.644. The van der Waals surface area contributed by atoms with E-state index in [-0.39, 0.29) is 29.8 Å². The van der Waals surface area contributed by atoms with Crippen molar-refractivity contribution in [2.45, 2.75) is 59.5 Å². The van der Waals surface area contributed by atoms with Crippen LogP contribution in [0.25, 0.3) is 0 Å². The molecule has 2 amide bonds. The number of amides is 2. The van der Waals surface area contributed by atoms with E-state index < -0.39 is 6.04 Å². The van der Waals surface area contributed by atoms with E-state index in [4.69, 9.17) is 5.73 Å². The van der Waals surface area contributed by atoms with Crippen molar-refractivity contribution in [2.75, 3.05) is 26.2 Å². The van der Waals surface area contributed by atoms with Gasteiger partial charge in [0, 0.05) is 25.2 Å². The van der Waals surface area contributed by atoms with Gasteiger partial charge in [-0.05, 0) is 38.0 Å². The van der Waals surface area contributed by atoms with Crippen LogP contribution in [-0.2, 0) is 9.59 Å². The summed E-state index contributed by atoms with van der Waals surface area (Å²) in [5, 5.41) is 5.54. The lowest BCUT2D eigenvalue weighted by atomic mass is 9.88. The zero-order valence-corrected chi connectivity index (χ0v) is 16.2. The van der Waals surface area contributed by atoms with Gasteiger partial charge >= 0.3 is 0 Å². The standard InChI is InChI=1S/C18H36N4O2/c1-12(2)16(19)17(24)20-8-15(23)21-11-18(5,6)22-9-13(3)7-14(4)10-22/h12-14,16H,7-11,19H2,1-6H3,(H,20,24)(H,21,23)/t13?,14?,16-/m0/s1. The van der Waals surface area contributed by atoms with Crippen molar-refractivity contribution in [3.63, 3.8) is 0 Å². The lowest BCUT2D eigenvalue weighted by Gasteiger charge is -2.45. The maximum Gasteiger partial charge on any atom is 0.239 e. The van der Waals surface area contributed by atoms with E-state index in [1.165, 1.54) is 6.42 Å². The fourth-order valence-electron chi connectivity index (χ4n) is 3.23. The normalized spacial score (nSPS) is 23.8. The average molecular weight is 341 g/mol. The lowest BCUT2D eigenvalue weighted by molar-refractivity contribution is -0.127. The second kappa shape index (κ2) is 8.81. The summed E-state index contributed by atoms with van der Waals surface area (Å²) in [6.07, 6.45) is 1.26. The molecule has 6 heteroatoms. The minimum Gasteiger partial charge on any atom is -0.353 e. The van der Waals surface area contributed by atoms with E-state index >= 15 is 0 Å². The Hall–Kier alpha value is -1.14. The molecule has 4 N–H and O–H groups in total. The Morgan fingerprint density at radius 3 is 2.21 bits per heavy atom. The van der Waals surface area contributed by atoms with Gasteiger partial charge in [-0.2, -0.15) is 0 Å². The zero-order valence-electron chi connectivity index (χ0n) is 16.2. The number of nitrogens with one attached hydrogen (secondary N) is 2. The minimum atomic E-state index is -0.578. The van der Waals surface area contributed by atoms with Crippen LogP contribution in [0.5, 0.6) is 0 Å². The third-order valence-corrected chi connectivity index (χ3v) is 4.89. The first-order valence-corrected chi connectivity index (χ1v) is 9.08. The molecule has 2 unspecified atom stereocenters. The molecule has 0 aromatic rings. The number of rotatable bonds is 7. The number of carbonyl (C=O) groups excluding carboxylic acids is 2. The minimum absolute atomic E-state index is 0.0257. The van der Waals surface area contributed by atoms with Gasteiger partial charge in [0.1, 0.15) is 0 Å². The summed E-state index contributed by atoms with van der Waals surface area (Å²) < 4.78 is 0. The molecule has 0 aromatic carbocycles. The van der Waals surface area contributed by atoms with Gasteiger partial charge in [-0.1, -0.05) is 27.7 Å². The van der Waals surface area contributed by atoms with E-state index in [0.29, 0.717) is 18.4 Å². The van der Waals surface area contributed by atoms with Crippen LogP contribution in [0.3, 0.4) is 0 Å². The van der Waals surface area contributed by atoms with Crippen molar-refractivity contribution in [1.82, 2.24) is 15.5 Å². The number of hydrogen-bond acceptors (Lipinski definition) is 4. The van der Waals surface area contributed by atoms with Gasteiger partial charge in [-0.3, -0.25) is 14.5 Å². The van der Waals surface area contributed by atoms with Crippen molar-refractivity contribution in [2.24, 2.45) is 23.5 Å². The van der Waals surface area contributed by atoms with E-state index in [2.05, 4.69) is 43.2 Å². The molecule has 1 aliphatic heterocycles. The Balaban J connectivity index is 2.41. The molecule has 24 heavy (non-hydrogen) atoms. The first-order valence-electron chi connectivity index (χ1n) is 9.08. The molecule has 0 aliphatic carbocycles. The van der Waals surface area contributed by atoms with Crippen LogP contribution in [0.4, 0.5) is 0 Å². The number of carbonyl (C=O) groups is 2. The smallest absolute Gasteiger partial charge is 0.239 e. The number of hydrogen-bond donors (Lipinski definition) is 3. The lowest BCUT2D eigenvalue weighted by Crippen LogP contribution is -2.57. The number of likely N-dealkylation sites (tertiary alicyclic amines) is 1. The molecule has 1 aliphatic rings. The van der Waals surface area contributed by atoms with Crippen LogP contribution in [0.15, 0.2) is 0 Å². The Kier molecular flexibility index (Phi) is 7.67. The highest BCUT2D eigenvalue weighted by atomic mass is 16.2. The third-order valence-electron chi connectivity index (χ3n) is 4.89. The average Bonchev–Trinajstić information content (AvgIpc) is 2.48. The molecule has 0 radical (unpaired) electrons. The topological polar surface area (TPSA) is 87.5 Å². The first-order chi connectivity index (χ1) is 11.0.